The van der Waals surface area contributed by atoms with E-state index in [1.165, 1.54) is 11.1 Å². The minimum Gasteiger partial charge on any atom is -0.385 e. The molecule has 3 aromatic carbocycles. The molecule has 0 spiro atoms. The second-order valence-corrected chi connectivity index (χ2v) is 7.73. The van der Waals surface area contributed by atoms with Crippen molar-refractivity contribution in [3.8, 4) is 0 Å². The molecule has 4 rings (SSSR count). The van der Waals surface area contributed by atoms with Crippen molar-refractivity contribution in [2.24, 2.45) is 5.92 Å². The molecule has 0 unspecified atom stereocenters. The number of rotatable bonds is 3. The highest BCUT2D eigenvalue weighted by Crippen LogP contribution is 2.52. The summed E-state index contributed by atoms with van der Waals surface area (Å²) in [7, 11) is 2.19. The van der Waals surface area contributed by atoms with Gasteiger partial charge in [0.15, 0.2) is 0 Å². The van der Waals surface area contributed by atoms with E-state index < -0.39 is 5.60 Å². The van der Waals surface area contributed by atoms with Gasteiger partial charge in [0, 0.05) is 24.4 Å². The monoisotopic (exact) mass is 357 g/mol. The van der Waals surface area contributed by atoms with Crippen molar-refractivity contribution in [3.63, 3.8) is 0 Å². The molecule has 1 aliphatic heterocycles. The SMILES string of the molecule is C[C@@H]1[C@@H](c2ccccc2)N(C)[C@@H](c2ccccc2)C[C@@]1(O)c1ccccc1. The van der Waals surface area contributed by atoms with Gasteiger partial charge >= 0.3 is 0 Å². The van der Waals surface area contributed by atoms with Crippen LogP contribution < -0.4 is 0 Å². The fourth-order valence-electron chi connectivity index (χ4n) is 4.74. The molecule has 138 valence electrons. The fraction of sp³-hybridized carbons (Fsp3) is 0.280. The normalized spacial score (nSPS) is 28.8. The minimum atomic E-state index is -0.880. The van der Waals surface area contributed by atoms with Crippen molar-refractivity contribution in [1.82, 2.24) is 4.90 Å². The Hall–Kier alpha value is -2.42. The van der Waals surface area contributed by atoms with Gasteiger partial charge in [-0.1, -0.05) is 97.9 Å². The van der Waals surface area contributed by atoms with Crippen molar-refractivity contribution in [3.05, 3.63) is 108 Å². The molecule has 0 saturated carbocycles. The van der Waals surface area contributed by atoms with E-state index in [0.29, 0.717) is 6.42 Å². The van der Waals surface area contributed by atoms with Crippen LogP contribution in [0, 0.1) is 5.92 Å². The van der Waals surface area contributed by atoms with Gasteiger partial charge in [0.2, 0.25) is 0 Å². The van der Waals surface area contributed by atoms with E-state index in [1.807, 2.05) is 24.3 Å². The number of nitrogens with zero attached hydrogens (tertiary/aromatic N) is 1. The first-order valence-electron chi connectivity index (χ1n) is 9.71. The Labute approximate surface area is 162 Å². The summed E-state index contributed by atoms with van der Waals surface area (Å²) in [5.74, 6) is 0.0623. The van der Waals surface area contributed by atoms with E-state index in [0.717, 1.165) is 5.56 Å². The average Bonchev–Trinajstić information content (AvgIpc) is 2.73. The maximum absolute atomic E-state index is 12.0. The zero-order valence-electron chi connectivity index (χ0n) is 16.0. The van der Waals surface area contributed by atoms with Crippen molar-refractivity contribution < 1.29 is 5.11 Å². The zero-order chi connectivity index (χ0) is 18.9. The molecule has 0 radical (unpaired) electrons. The third-order valence-corrected chi connectivity index (χ3v) is 6.26. The largest absolute Gasteiger partial charge is 0.385 e. The Morgan fingerprint density at radius 2 is 1.26 bits per heavy atom. The number of aliphatic hydroxyl groups is 1. The van der Waals surface area contributed by atoms with Crippen LogP contribution in [0.3, 0.4) is 0 Å². The molecule has 3 aromatic rings. The first-order valence-corrected chi connectivity index (χ1v) is 9.71. The molecule has 0 amide bonds. The summed E-state index contributed by atoms with van der Waals surface area (Å²) in [5, 5.41) is 12.0. The molecule has 2 heteroatoms. The summed E-state index contributed by atoms with van der Waals surface area (Å²) in [5.41, 5.74) is 2.63. The predicted octanol–water partition coefficient (Wildman–Crippen LogP) is 5.33. The molecule has 1 saturated heterocycles. The van der Waals surface area contributed by atoms with Gasteiger partial charge in [0.05, 0.1) is 5.60 Å². The Morgan fingerprint density at radius 3 is 1.81 bits per heavy atom. The second kappa shape index (κ2) is 7.30. The lowest BCUT2D eigenvalue weighted by molar-refractivity contribution is -0.120. The maximum atomic E-state index is 12.0. The van der Waals surface area contributed by atoms with Gasteiger partial charge in [0.1, 0.15) is 0 Å². The van der Waals surface area contributed by atoms with Gasteiger partial charge in [-0.2, -0.15) is 0 Å². The fourth-order valence-corrected chi connectivity index (χ4v) is 4.74. The van der Waals surface area contributed by atoms with Crippen molar-refractivity contribution >= 4 is 0 Å². The van der Waals surface area contributed by atoms with Crippen LogP contribution in [0.4, 0.5) is 0 Å². The van der Waals surface area contributed by atoms with Gasteiger partial charge in [-0.15, -0.1) is 0 Å². The highest BCUT2D eigenvalue weighted by molar-refractivity contribution is 5.32. The van der Waals surface area contributed by atoms with E-state index >= 15 is 0 Å². The van der Waals surface area contributed by atoms with Crippen molar-refractivity contribution in [2.45, 2.75) is 31.0 Å². The smallest absolute Gasteiger partial charge is 0.0958 e. The lowest BCUT2D eigenvalue weighted by Crippen LogP contribution is -2.50. The molecule has 0 bridgehead atoms. The second-order valence-electron chi connectivity index (χ2n) is 7.73. The molecule has 2 nitrogen and oxygen atoms in total. The van der Waals surface area contributed by atoms with Crippen molar-refractivity contribution in [1.29, 1.82) is 0 Å². The molecule has 0 aliphatic carbocycles. The van der Waals surface area contributed by atoms with Crippen LogP contribution >= 0.6 is 0 Å². The Morgan fingerprint density at radius 1 is 0.778 bits per heavy atom. The number of hydrogen-bond acceptors (Lipinski definition) is 2. The third kappa shape index (κ3) is 3.20. The average molecular weight is 357 g/mol. The van der Waals surface area contributed by atoms with Gasteiger partial charge in [-0.3, -0.25) is 4.90 Å². The van der Waals surface area contributed by atoms with Crippen LogP contribution in [0.25, 0.3) is 0 Å². The van der Waals surface area contributed by atoms with Gasteiger partial charge in [0.25, 0.3) is 0 Å². The van der Waals surface area contributed by atoms with E-state index in [4.69, 9.17) is 0 Å². The molecule has 1 fully saturated rings. The quantitative estimate of drug-likeness (QED) is 0.685. The number of piperidine rings is 1. The van der Waals surface area contributed by atoms with Crippen LogP contribution in [0.15, 0.2) is 91.0 Å². The number of likely N-dealkylation sites (tertiary alicyclic amines) is 1. The first-order chi connectivity index (χ1) is 13.1. The molecule has 1 N–H and O–H groups in total. The standard InChI is InChI=1S/C25H27NO/c1-19-24(21-14-8-4-9-15-21)26(2)23(20-12-6-3-7-13-20)18-25(19,27)22-16-10-5-11-17-22/h3-17,19,23-24,27H,18H2,1-2H3/t19-,23-,24+,25+/m1/s1. The zero-order valence-corrected chi connectivity index (χ0v) is 16.0. The number of hydrogen-bond donors (Lipinski definition) is 1. The first kappa shape index (κ1) is 18.0. The van der Waals surface area contributed by atoms with Crippen LogP contribution in [0.1, 0.15) is 42.1 Å². The van der Waals surface area contributed by atoms with Gasteiger partial charge in [-0.25, -0.2) is 0 Å². The van der Waals surface area contributed by atoms with Crippen LogP contribution in [-0.2, 0) is 5.60 Å². The predicted molar refractivity (Wildman–Crippen MR) is 110 cm³/mol. The van der Waals surface area contributed by atoms with Gasteiger partial charge in [-0.05, 0) is 23.7 Å². The summed E-state index contributed by atoms with van der Waals surface area (Å²) >= 11 is 0. The molecule has 4 atom stereocenters. The van der Waals surface area contributed by atoms with Crippen molar-refractivity contribution in [2.75, 3.05) is 7.05 Å². The molecular weight excluding hydrogens is 330 g/mol. The lowest BCUT2D eigenvalue weighted by atomic mass is 9.68. The van der Waals surface area contributed by atoms with Crippen LogP contribution in [0.5, 0.6) is 0 Å². The molecule has 27 heavy (non-hydrogen) atoms. The Bertz CT molecular complexity index is 865. The third-order valence-electron chi connectivity index (χ3n) is 6.26. The van der Waals surface area contributed by atoms with Crippen LogP contribution in [0.2, 0.25) is 0 Å². The van der Waals surface area contributed by atoms with E-state index in [1.54, 1.807) is 0 Å². The van der Waals surface area contributed by atoms with E-state index in [9.17, 15) is 5.11 Å². The molecular formula is C25H27NO. The molecule has 1 heterocycles. The lowest BCUT2D eigenvalue weighted by Gasteiger charge is -2.52. The summed E-state index contributed by atoms with van der Waals surface area (Å²) in [6.45, 7) is 2.18. The summed E-state index contributed by atoms with van der Waals surface area (Å²) in [6, 6.07) is 31.6. The van der Waals surface area contributed by atoms with Crippen LogP contribution in [-0.4, -0.2) is 17.1 Å². The Kier molecular flexibility index (Phi) is 4.86. The summed E-state index contributed by atoms with van der Waals surface area (Å²) < 4.78 is 0. The van der Waals surface area contributed by atoms with E-state index in [-0.39, 0.29) is 18.0 Å². The topological polar surface area (TPSA) is 23.5 Å². The Balaban J connectivity index is 1.84. The molecule has 0 aromatic heterocycles. The van der Waals surface area contributed by atoms with Gasteiger partial charge < -0.3 is 5.11 Å². The van der Waals surface area contributed by atoms with E-state index in [2.05, 4.69) is 85.6 Å². The number of benzene rings is 3. The maximum Gasteiger partial charge on any atom is 0.0958 e. The minimum absolute atomic E-state index is 0.0623. The highest BCUT2D eigenvalue weighted by Gasteiger charge is 2.49. The summed E-state index contributed by atoms with van der Waals surface area (Å²) in [6.07, 6.45) is 0.683. The molecule has 1 aliphatic rings. The highest BCUT2D eigenvalue weighted by atomic mass is 16.3. The summed E-state index contributed by atoms with van der Waals surface area (Å²) in [4.78, 5) is 2.44.